The predicted molar refractivity (Wildman–Crippen MR) is 59.0 cm³/mol. The van der Waals surface area contributed by atoms with Crippen molar-refractivity contribution < 1.29 is 24.6 Å². The second-order valence-electron chi connectivity index (χ2n) is 3.69. The molecule has 0 aliphatic rings. The van der Waals surface area contributed by atoms with Crippen molar-refractivity contribution in [3.63, 3.8) is 0 Å². The molecule has 0 saturated heterocycles. The number of nitrogens with zero attached hydrogens (tertiary/aromatic N) is 2. The number of aromatic nitrogens is 2. The summed E-state index contributed by atoms with van der Waals surface area (Å²) in [5.74, 6) is -2.99. The average Bonchev–Trinajstić information content (AvgIpc) is 2.69. The highest BCUT2D eigenvalue weighted by molar-refractivity contribution is 5.95. The lowest BCUT2D eigenvalue weighted by Gasteiger charge is -2.13. The third kappa shape index (κ3) is 3.58. The summed E-state index contributed by atoms with van der Waals surface area (Å²) in [6.07, 6.45) is 2.20. The molecular formula is C10H13N3O5. The van der Waals surface area contributed by atoms with E-state index in [0.29, 0.717) is 0 Å². The first-order valence-electron chi connectivity index (χ1n) is 5.13. The van der Waals surface area contributed by atoms with Gasteiger partial charge in [0.1, 0.15) is 11.7 Å². The molecule has 0 bridgehead atoms. The highest BCUT2D eigenvalue weighted by atomic mass is 16.4. The maximum Gasteiger partial charge on any atom is 0.326 e. The third-order valence-corrected chi connectivity index (χ3v) is 2.30. The Labute approximate surface area is 102 Å². The van der Waals surface area contributed by atoms with Gasteiger partial charge in [-0.3, -0.25) is 9.59 Å². The zero-order valence-corrected chi connectivity index (χ0v) is 9.66. The fourth-order valence-electron chi connectivity index (χ4n) is 1.33. The van der Waals surface area contributed by atoms with Crippen LogP contribution in [0.2, 0.25) is 0 Å². The Hall–Kier alpha value is -2.38. The topological polar surface area (TPSA) is 122 Å². The van der Waals surface area contributed by atoms with Crippen molar-refractivity contribution in [3.8, 4) is 0 Å². The van der Waals surface area contributed by atoms with Crippen LogP contribution in [-0.4, -0.2) is 43.7 Å². The number of aliphatic carboxylic acids is 2. The summed E-state index contributed by atoms with van der Waals surface area (Å²) in [6, 6.07) is -1.23. The molecule has 0 radical (unpaired) electrons. The Morgan fingerprint density at radius 1 is 1.44 bits per heavy atom. The molecule has 0 unspecified atom stereocenters. The third-order valence-electron chi connectivity index (χ3n) is 2.30. The van der Waals surface area contributed by atoms with Crippen molar-refractivity contribution in [2.75, 3.05) is 0 Å². The van der Waals surface area contributed by atoms with E-state index in [9.17, 15) is 14.4 Å². The first-order chi connectivity index (χ1) is 8.41. The normalized spacial score (nSPS) is 11.8. The Bertz CT molecular complexity index is 468. The van der Waals surface area contributed by atoms with Crippen LogP contribution in [0.1, 0.15) is 23.3 Å². The molecular weight excluding hydrogens is 242 g/mol. The van der Waals surface area contributed by atoms with E-state index in [2.05, 4.69) is 10.3 Å². The number of carboxylic acid groups (broad SMARTS) is 2. The Kier molecular flexibility index (Phi) is 4.41. The predicted octanol–water partition coefficient (Wildman–Crippen LogP) is -0.532. The van der Waals surface area contributed by atoms with Gasteiger partial charge in [0.2, 0.25) is 0 Å². The monoisotopic (exact) mass is 255 g/mol. The van der Waals surface area contributed by atoms with E-state index in [0.717, 1.165) is 0 Å². The minimum absolute atomic E-state index is 0.172. The van der Waals surface area contributed by atoms with Crippen molar-refractivity contribution in [1.82, 2.24) is 14.9 Å². The van der Waals surface area contributed by atoms with Gasteiger partial charge in [0.15, 0.2) is 0 Å². The molecule has 0 fully saturated rings. The molecule has 0 aromatic carbocycles. The number of hydrogen-bond acceptors (Lipinski definition) is 4. The van der Waals surface area contributed by atoms with Gasteiger partial charge in [0.05, 0.1) is 12.5 Å². The van der Waals surface area contributed by atoms with E-state index < -0.39 is 23.9 Å². The number of carbonyl (C=O) groups excluding carboxylic acids is 1. The Morgan fingerprint density at radius 3 is 2.56 bits per heavy atom. The van der Waals surface area contributed by atoms with Crippen molar-refractivity contribution in [3.05, 3.63) is 18.2 Å². The minimum atomic E-state index is -1.27. The van der Waals surface area contributed by atoms with Gasteiger partial charge >= 0.3 is 11.9 Å². The fraction of sp³-hybridized carbons (Fsp3) is 0.400. The number of nitrogens with one attached hydrogen (secondary N) is 1. The molecule has 1 aromatic heterocycles. The van der Waals surface area contributed by atoms with E-state index in [-0.39, 0.29) is 18.5 Å². The molecule has 0 spiro atoms. The number of carboxylic acids is 2. The molecule has 0 saturated carbocycles. The molecule has 1 amide bonds. The van der Waals surface area contributed by atoms with Crippen LogP contribution in [0.5, 0.6) is 0 Å². The van der Waals surface area contributed by atoms with Crippen LogP contribution < -0.4 is 5.32 Å². The van der Waals surface area contributed by atoms with Crippen LogP contribution >= 0.6 is 0 Å². The van der Waals surface area contributed by atoms with Gasteiger partial charge in [0.25, 0.3) is 5.91 Å². The van der Waals surface area contributed by atoms with E-state index in [1.54, 1.807) is 7.05 Å². The molecule has 1 aromatic rings. The highest BCUT2D eigenvalue weighted by Crippen LogP contribution is 2.02. The summed E-state index contributed by atoms with van der Waals surface area (Å²) in [4.78, 5) is 36.7. The van der Waals surface area contributed by atoms with Crippen molar-refractivity contribution in [2.45, 2.75) is 18.9 Å². The Morgan fingerprint density at radius 2 is 2.11 bits per heavy atom. The van der Waals surface area contributed by atoms with Gasteiger partial charge in [0, 0.05) is 13.5 Å². The molecule has 3 N–H and O–H groups in total. The van der Waals surface area contributed by atoms with E-state index in [1.807, 2.05) is 0 Å². The summed E-state index contributed by atoms with van der Waals surface area (Å²) in [5.41, 5.74) is 0.205. The number of carbonyl (C=O) groups is 3. The standard InChI is InChI=1S/C10H13N3O5/c1-13-5-11-4-7(13)9(16)12-6(10(17)18)2-3-8(14)15/h4-6H,2-3H2,1H3,(H,12,16)(H,14,15)(H,17,18)/t6-/m0/s1. The molecule has 0 aliphatic heterocycles. The van der Waals surface area contributed by atoms with Crippen LogP contribution in [0, 0.1) is 0 Å². The summed E-state index contributed by atoms with van der Waals surface area (Å²) in [6.45, 7) is 0. The lowest BCUT2D eigenvalue weighted by Crippen LogP contribution is -2.41. The van der Waals surface area contributed by atoms with E-state index in [4.69, 9.17) is 10.2 Å². The first kappa shape index (κ1) is 13.7. The lowest BCUT2D eigenvalue weighted by molar-refractivity contribution is -0.140. The van der Waals surface area contributed by atoms with Gasteiger partial charge in [-0.2, -0.15) is 0 Å². The van der Waals surface area contributed by atoms with Gasteiger partial charge < -0.3 is 20.1 Å². The number of amides is 1. The van der Waals surface area contributed by atoms with Crippen molar-refractivity contribution in [1.29, 1.82) is 0 Å². The van der Waals surface area contributed by atoms with Crippen molar-refractivity contribution in [2.24, 2.45) is 7.05 Å². The SMILES string of the molecule is Cn1cncc1C(=O)N[C@@H](CCC(=O)O)C(=O)O. The Balaban J connectivity index is 2.67. The molecule has 1 heterocycles. The van der Waals surface area contributed by atoms with Crippen LogP contribution in [0.25, 0.3) is 0 Å². The highest BCUT2D eigenvalue weighted by Gasteiger charge is 2.22. The van der Waals surface area contributed by atoms with Crippen LogP contribution in [0.15, 0.2) is 12.5 Å². The van der Waals surface area contributed by atoms with Gasteiger partial charge in [-0.05, 0) is 6.42 Å². The average molecular weight is 255 g/mol. The molecule has 1 atom stereocenters. The number of aryl methyl sites for hydroxylation is 1. The van der Waals surface area contributed by atoms with Gasteiger partial charge in [-0.25, -0.2) is 9.78 Å². The molecule has 98 valence electrons. The second-order valence-corrected chi connectivity index (χ2v) is 3.69. The first-order valence-corrected chi connectivity index (χ1v) is 5.13. The molecule has 1 rings (SSSR count). The zero-order valence-electron chi connectivity index (χ0n) is 9.66. The minimum Gasteiger partial charge on any atom is -0.481 e. The maximum absolute atomic E-state index is 11.7. The van der Waals surface area contributed by atoms with Crippen molar-refractivity contribution >= 4 is 17.8 Å². The van der Waals surface area contributed by atoms with E-state index in [1.165, 1.54) is 17.1 Å². The number of imidazole rings is 1. The van der Waals surface area contributed by atoms with Crippen LogP contribution in [0.4, 0.5) is 0 Å². The van der Waals surface area contributed by atoms with Gasteiger partial charge in [-0.15, -0.1) is 0 Å². The van der Waals surface area contributed by atoms with Crippen LogP contribution in [-0.2, 0) is 16.6 Å². The smallest absolute Gasteiger partial charge is 0.326 e. The largest absolute Gasteiger partial charge is 0.481 e. The lowest BCUT2D eigenvalue weighted by atomic mass is 10.1. The number of rotatable bonds is 6. The van der Waals surface area contributed by atoms with Crippen LogP contribution in [0.3, 0.4) is 0 Å². The van der Waals surface area contributed by atoms with E-state index >= 15 is 0 Å². The molecule has 18 heavy (non-hydrogen) atoms. The quantitative estimate of drug-likeness (QED) is 0.628. The second kappa shape index (κ2) is 5.80. The summed E-state index contributed by atoms with van der Waals surface area (Å²) in [5, 5.41) is 19.6. The maximum atomic E-state index is 11.7. The summed E-state index contributed by atoms with van der Waals surface area (Å²) in [7, 11) is 1.59. The zero-order chi connectivity index (χ0) is 13.7. The molecule has 8 nitrogen and oxygen atoms in total. The number of hydrogen-bond donors (Lipinski definition) is 3. The summed E-state index contributed by atoms with van der Waals surface area (Å²) >= 11 is 0. The van der Waals surface area contributed by atoms with Gasteiger partial charge in [-0.1, -0.05) is 0 Å². The molecule has 8 heteroatoms. The fourth-order valence-corrected chi connectivity index (χ4v) is 1.33. The molecule has 0 aliphatic carbocycles. The summed E-state index contributed by atoms with van der Waals surface area (Å²) < 4.78 is 1.44.